The molecule has 3 N–H and O–H groups in total. The van der Waals surface area contributed by atoms with Gasteiger partial charge in [-0.2, -0.15) is 0 Å². The number of thiocarbonyl (C=S) groups is 1. The first-order chi connectivity index (χ1) is 13.8. The summed E-state index contributed by atoms with van der Waals surface area (Å²) in [6.07, 6.45) is 4.43. The van der Waals surface area contributed by atoms with Gasteiger partial charge in [-0.3, -0.25) is 9.52 Å². The first kappa shape index (κ1) is 22.5. The van der Waals surface area contributed by atoms with E-state index in [0.29, 0.717) is 12.1 Å². The van der Waals surface area contributed by atoms with Crippen molar-refractivity contribution in [3.63, 3.8) is 0 Å². The summed E-state index contributed by atoms with van der Waals surface area (Å²) in [6, 6.07) is 7.29. The number of ether oxygens (including phenoxy) is 1. The second-order valence-corrected chi connectivity index (χ2v) is 8.13. The highest BCUT2D eigenvalue weighted by atomic mass is 32.2. The molecule has 0 spiro atoms. The standard InChI is InChI=1S/C18H23N5O4S2/c1-3-4-5-6-16(24)22-18(28)21-13-7-9-14(10-8-13)29(25,26)23-15-11-17(27-2)20-12-19-15/h7-12H,3-6H2,1-2H3,(H,19,20,23)(H2,21,22,24,28). The number of methoxy groups -OCH3 is 1. The van der Waals surface area contributed by atoms with Crippen molar-refractivity contribution in [2.75, 3.05) is 17.1 Å². The van der Waals surface area contributed by atoms with Crippen molar-refractivity contribution in [2.24, 2.45) is 0 Å². The molecule has 1 amide bonds. The van der Waals surface area contributed by atoms with Crippen molar-refractivity contribution in [2.45, 2.75) is 37.5 Å². The van der Waals surface area contributed by atoms with E-state index in [1.165, 1.54) is 31.6 Å². The molecular formula is C18H23N5O4S2. The Morgan fingerprint density at radius 1 is 1.17 bits per heavy atom. The van der Waals surface area contributed by atoms with Crippen molar-refractivity contribution in [3.05, 3.63) is 36.7 Å². The maximum Gasteiger partial charge on any atom is 0.263 e. The van der Waals surface area contributed by atoms with E-state index in [1.54, 1.807) is 12.1 Å². The number of anilines is 2. The summed E-state index contributed by atoms with van der Waals surface area (Å²) in [5.74, 6) is 0.174. The Bertz CT molecular complexity index is 949. The molecule has 9 nitrogen and oxygen atoms in total. The average molecular weight is 438 g/mol. The number of hydrogen-bond acceptors (Lipinski definition) is 7. The molecule has 0 saturated heterocycles. The highest BCUT2D eigenvalue weighted by Crippen LogP contribution is 2.18. The molecule has 0 unspecified atom stereocenters. The van der Waals surface area contributed by atoms with Gasteiger partial charge in [0, 0.05) is 18.2 Å². The minimum atomic E-state index is -3.84. The third-order valence-corrected chi connectivity index (χ3v) is 5.35. The van der Waals surface area contributed by atoms with Crippen LogP contribution in [-0.2, 0) is 14.8 Å². The van der Waals surface area contributed by atoms with E-state index in [4.69, 9.17) is 17.0 Å². The molecule has 1 aromatic carbocycles. The summed E-state index contributed by atoms with van der Waals surface area (Å²) in [5.41, 5.74) is 0.548. The smallest absolute Gasteiger partial charge is 0.263 e. The van der Waals surface area contributed by atoms with Gasteiger partial charge in [0.2, 0.25) is 11.8 Å². The summed E-state index contributed by atoms with van der Waals surface area (Å²) in [7, 11) is -2.42. The molecule has 0 radical (unpaired) electrons. The van der Waals surface area contributed by atoms with Gasteiger partial charge < -0.3 is 15.4 Å². The van der Waals surface area contributed by atoms with E-state index in [9.17, 15) is 13.2 Å². The van der Waals surface area contributed by atoms with E-state index in [2.05, 4.69) is 32.2 Å². The molecule has 156 valence electrons. The van der Waals surface area contributed by atoms with E-state index >= 15 is 0 Å². The SMILES string of the molecule is CCCCCC(=O)NC(=S)Nc1ccc(S(=O)(=O)Nc2cc(OC)ncn2)cc1. The molecular weight excluding hydrogens is 414 g/mol. The number of rotatable bonds is 9. The van der Waals surface area contributed by atoms with Gasteiger partial charge in [0.15, 0.2) is 5.11 Å². The quantitative estimate of drug-likeness (QED) is 0.404. The molecule has 0 atom stereocenters. The molecule has 0 aliphatic carbocycles. The lowest BCUT2D eigenvalue weighted by molar-refractivity contribution is -0.119. The van der Waals surface area contributed by atoms with E-state index in [-0.39, 0.29) is 27.6 Å². The third-order valence-electron chi connectivity index (χ3n) is 3.77. The topological polar surface area (TPSA) is 122 Å². The van der Waals surface area contributed by atoms with Crippen LogP contribution in [0.2, 0.25) is 0 Å². The Kier molecular flexibility index (Phi) is 8.28. The van der Waals surface area contributed by atoms with Gasteiger partial charge in [-0.1, -0.05) is 19.8 Å². The molecule has 1 heterocycles. The fraction of sp³-hybridized carbons (Fsp3) is 0.333. The second-order valence-electron chi connectivity index (χ2n) is 6.03. The van der Waals surface area contributed by atoms with Crippen LogP contribution in [0.4, 0.5) is 11.5 Å². The minimum absolute atomic E-state index is 0.0372. The lowest BCUT2D eigenvalue weighted by atomic mass is 10.2. The van der Waals surface area contributed by atoms with Gasteiger partial charge >= 0.3 is 0 Å². The molecule has 0 aliphatic rings. The first-order valence-electron chi connectivity index (χ1n) is 8.94. The number of unbranched alkanes of at least 4 members (excludes halogenated alkanes) is 2. The minimum Gasteiger partial charge on any atom is -0.481 e. The maximum atomic E-state index is 12.5. The summed E-state index contributed by atoms with van der Waals surface area (Å²) >= 11 is 5.11. The maximum absolute atomic E-state index is 12.5. The molecule has 0 fully saturated rings. The van der Waals surface area contributed by atoms with Crippen molar-refractivity contribution in [1.82, 2.24) is 15.3 Å². The van der Waals surface area contributed by atoms with Gasteiger partial charge in [-0.15, -0.1) is 0 Å². The second kappa shape index (κ2) is 10.7. The predicted molar refractivity (Wildman–Crippen MR) is 114 cm³/mol. The molecule has 29 heavy (non-hydrogen) atoms. The normalized spacial score (nSPS) is 10.8. The number of nitrogens with zero attached hydrogens (tertiary/aromatic N) is 2. The number of sulfonamides is 1. The van der Waals surface area contributed by atoms with Crippen molar-refractivity contribution in [1.29, 1.82) is 0 Å². The fourth-order valence-electron chi connectivity index (χ4n) is 2.31. The molecule has 1 aromatic heterocycles. The monoisotopic (exact) mass is 437 g/mol. The Balaban J connectivity index is 1.96. The zero-order valence-corrected chi connectivity index (χ0v) is 17.8. The Morgan fingerprint density at radius 2 is 1.90 bits per heavy atom. The van der Waals surface area contributed by atoms with Gasteiger partial charge in [0.05, 0.1) is 12.0 Å². The van der Waals surface area contributed by atoms with Crippen molar-refractivity contribution in [3.8, 4) is 5.88 Å². The zero-order chi connectivity index (χ0) is 21.3. The van der Waals surface area contributed by atoms with Gasteiger partial charge in [0.25, 0.3) is 10.0 Å². The van der Waals surface area contributed by atoms with E-state index in [1.807, 2.05) is 0 Å². The summed E-state index contributed by atoms with van der Waals surface area (Å²) in [4.78, 5) is 19.5. The van der Waals surface area contributed by atoms with Crippen LogP contribution in [0.1, 0.15) is 32.6 Å². The Morgan fingerprint density at radius 3 is 2.55 bits per heavy atom. The number of carbonyl (C=O) groups is 1. The van der Waals surface area contributed by atoms with Crippen molar-refractivity contribution < 1.29 is 17.9 Å². The Hall–Kier alpha value is -2.79. The number of nitrogens with one attached hydrogen (secondary N) is 3. The van der Waals surface area contributed by atoms with Crippen LogP contribution < -0.4 is 20.1 Å². The van der Waals surface area contributed by atoms with Gasteiger partial charge in [-0.05, 0) is 42.9 Å². The predicted octanol–water partition coefficient (Wildman–Crippen LogP) is 2.68. The molecule has 0 saturated carbocycles. The van der Waals surface area contributed by atoms with Crippen LogP contribution in [0.15, 0.2) is 41.6 Å². The number of aromatic nitrogens is 2. The molecule has 2 aromatic rings. The average Bonchev–Trinajstić information content (AvgIpc) is 2.68. The lowest BCUT2D eigenvalue weighted by Gasteiger charge is -2.11. The number of hydrogen-bond donors (Lipinski definition) is 3. The molecule has 2 rings (SSSR count). The fourth-order valence-corrected chi connectivity index (χ4v) is 3.54. The summed E-state index contributed by atoms with van der Waals surface area (Å²) < 4.78 is 32.3. The first-order valence-corrected chi connectivity index (χ1v) is 10.8. The third kappa shape index (κ3) is 7.27. The number of carbonyl (C=O) groups excluding carboxylic acids is 1. The van der Waals surface area contributed by atoms with Crippen LogP contribution >= 0.6 is 12.2 Å². The molecule has 11 heteroatoms. The molecule has 0 bridgehead atoms. The van der Waals surface area contributed by atoms with Crippen LogP contribution in [0.3, 0.4) is 0 Å². The van der Waals surface area contributed by atoms with Gasteiger partial charge in [0.1, 0.15) is 12.1 Å². The zero-order valence-electron chi connectivity index (χ0n) is 16.1. The Labute approximate surface area is 175 Å². The van der Waals surface area contributed by atoms with E-state index < -0.39 is 10.0 Å². The highest BCUT2D eigenvalue weighted by molar-refractivity contribution is 7.92. The molecule has 0 aliphatic heterocycles. The van der Waals surface area contributed by atoms with Crippen LogP contribution in [0.5, 0.6) is 5.88 Å². The number of amides is 1. The van der Waals surface area contributed by atoms with E-state index in [0.717, 1.165) is 19.3 Å². The van der Waals surface area contributed by atoms with Crippen LogP contribution in [0.25, 0.3) is 0 Å². The van der Waals surface area contributed by atoms with Crippen molar-refractivity contribution >= 4 is 44.8 Å². The van der Waals surface area contributed by atoms with Crippen LogP contribution in [0, 0.1) is 0 Å². The lowest BCUT2D eigenvalue weighted by Crippen LogP contribution is -2.33. The summed E-state index contributed by atoms with van der Waals surface area (Å²) in [5, 5.41) is 5.61. The largest absolute Gasteiger partial charge is 0.481 e. The van der Waals surface area contributed by atoms with Crippen LogP contribution in [-0.4, -0.2) is 36.5 Å². The highest BCUT2D eigenvalue weighted by Gasteiger charge is 2.15. The number of benzene rings is 1. The van der Waals surface area contributed by atoms with Gasteiger partial charge in [-0.25, -0.2) is 18.4 Å². The summed E-state index contributed by atoms with van der Waals surface area (Å²) in [6.45, 7) is 2.06.